The van der Waals surface area contributed by atoms with E-state index >= 15 is 0 Å². The number of aliphatic carboxylic acids is 1. The molecule has 0 spiro atoms. The van der Waals surface area contributed by atoms with E-state index in [1.165, 1.54) is 0 Å². The van der Waals surface area contributed by atoms with Gasteiger partial charge in [-0.3, -0.25) is 9.69 Å². The normalized spacial score (nSPS) is 10.5. The molecule has 0 saturated carbocycles. The highest BCUT2D eigenvalue weighted by molar-refractivity contribution is 9.10. The molecule has 0 aliphatic heterocycles. The molecule has 5 heteroatoms. The zero-order valence-electron chi connectivity index (χ0n) is 9.20. The minimum atomic E-state index is -0.861. The van der Waals surface area contributed by atoms with E-state index in [9.17, 15) is 4.79 Å². The molecule has 17 heavy (non-hydrogen) atoms. The molecule has 0 amide bonds. The number of hydrogen-bond donors (Lipinski definition) is 1. The van der Waals surface area contributed by atoms with E-state index in [4.69, 9.17) is 16.7 Å². The molecule has 0 heterocycles. The summed E-state index contributed by atoms with van der Waals surface area (Å²) in [7, 11) is 0. The Bertz CT molecular complexity index is 423. The second kappa shape index (κ2) is 6.79. The van der Waals surface area contributed by atoms with Gasteiger partial charge in [-0.2, -0.15) is 0 Å². The van der Waals surface area contributed by atoms with E-state index in [1.54, 1.807) is 17.0 Å². The Hall–Kier alpha value is -0.840. The summed E-state index contributed by atoms with van der Waals surface area (Å²) in [5, 5.41) is 9.41. The Balaban J connectivity index is 2.77. The smallest absolute Gasteiger partial charge is 0.317 e. The SMILES string of the molecule is C=CCN(CC(=O)O)Cc1ccc(Br)cc1Cl. The molecule has 0 atom stereocenters. The van der Waals surface area contributed by atoms with Crippen LogP contribution in [0.15, 0.2) is 35.3 Å². The Labute approximate surface area is 114 Å². The van der Waals surface area contributed by atoms with Crippen LogP contribution >= 0.6 is 27.5 Å². The third-order valence-corrected chi connectivity index (χ3v) is 3.00. The van der Waals surface area contributed by atoms with Gasteiger partial charge >= 0.3 is 5.97 Å². The molecule has 0 saturated heterocycles. The number of rotatable bonds is 6. The second-order valence-corrected chi connectivity index (χ2v) is 4.91. The zero-order chi connectivity index (χ0) is 12.8. The average Bonchev–Trinajstić information content (AvgIpc) is 2.21. The zero-order valence-corrected chi connectivity index (χ0v) is 11.5. The first-order valence-corrected chi connectivity index (χ1v) is 6.19. The van der Waals surface area contributed by atoms with Gasteiger partial charge in [0.05, 0.1) is 6.54 Å². The lowest BCUT2D eigenvalue weighted by molar-refractivity contribution is -0.138. The molecule has 1 aromatic rings. The second-order valence-electron chi connectivity index (χ2n) is 3.59. The van der Waals surface area contributed by atoms with E-state index in [0.717, 1.165) is 10.0 Å². The molecule has 0 radical (unpaired) electrons. The summed E-state index contributed by atoms with van der Waals surface area (Å²) in [5.74, 6) is -0.861. The highest BCUT2D eigenvalue weighted by atomic mass is 79.9. The Kier molecular flexibility index (Phi) is 5.68. The molecular weight excluding hydrogens is 305 g/mol. The molecule has 1 rings (SSSR count). The summed E-state index contributed by atoms with van der Waals surface area (Å²) in [6.45, 7) is 4.58. The average molecular weight is 319 g/mol. The number of halogens is 2. The Morgan fingerprint density at radius 3 is 2.82 bits per heavy atom. The summed E-state index contributed by atoms with van der Waals surface area (Å²) >= 11 is 9.41. The van der Waals surface area contributed by atoms with Gasteiger partial charge in [0.2, 0.25) is 0 Å². The van der Waals surface area contributed by atoms with Gasteiger partial charge in [0, 0.05) is 22.6 Å². The third kappa shape index (κ3) is 4.89. The van der Waals surface area contributed by atoms with Crippen molar-refractivity contribution in [1.29, 1.82) is 0 Å². The number of carboxylic acid groups (broad SMARTS) is 1. The Morgan fingerprint density at radius 2 is 2.29 bits per heavy atom. The molecule has 1 N–H and O–H groups in total. The van der Waals surface area contributed by atoms with Crippen molar-refractivity contribution in [1.82, 2.24) is 4.90 Å². The van der Waals surface area contributed by atoms with Gasteiger partial charge in [-0.15, -0.1) is 6.58 Å². The lowest BCUT2D eigenvalue weighted by Gasteiger charge is -2.19. The summed E-state index contributed by atoms with van der Waals surface area (Å²) in [5.41, 5.74) is 0.901. The molecule has 1 aromatic carbocycles. The molecule has 92 valence electrons. The van der Waals surface area contributed by atoms with E-state index in [1.807, 2.05) is 12.1 Å². The number of carbonyl (C=O) groups is 1. The maximum Gasteiger partial charge on any atom is 0.317 e. The van der Waals surface area contributed by atoms with Crippen molar-refractivity contribution in [2.75, 3.05) is 13.1 Å². The molecule has 3 nitrogen and oxygen atoms in total. The van der Waals surface area contributed by atoms with Gasteiger partial charge in [-0.25, -0.2) is 0 Å². The van der Waals surface area contributed by atoms with Crippen molar-refractivity contribution in [3.63, 3.8) is 0 Å². The van der Waals surface area contributed by atoms with Crippen molar-refractivity contribution in [2.45, 2.75) is 6.54 Å². The predicted molar refractivity (Wildman–Crippen MR) is 72.3 cm³/mol. The maximum absolute atomic E-state index is 10.7. The number of carboxylic acids is 1. The molecule has 0 aliphatic carbocycles. The summed E-state index contributed by atoms with van der Waals surface area (Å²) in [6.07, 6.45) is 1.68. The van der Waals surface area contributed by atoms with Crippen LogP contribution in [0.5, 0.6) is 0 Å². The largest absolute Gasteiger partial charge is 0.480 e. The van der Waals surface area contributed by atoms with E-state index in [-0.39, 0.29) is 6.54 Å². The van der Waals surface area contributed by atoms with E-state index in [0.29, 0.717) is 18.1 Å². The van der Waals surface area contributed by atoms with Crippen LogP contribution in [-0.4, -0.2) is 29.1 Å². The van der Waals surface area contributed by atoms with Crippen molar-refractivity contribution < 1.29 is 9.90 Å². The van der Waals surface area contributed by atoms with Gasteiger partial charge in [-0.05, 0) is 17.7 Å². The fraction of sp³-hybridized carbons (Fsp3) is 0.250. The van der Waals surface area contributed by atoms with Gasteiger partial charge < -0.3 is 5.11 Å². The highest BCUT2D eigenvalue weighted by Gasteiger charge is 2.10. The Morgan fingerprint density at radius 1 is 1.59 bits per heavy atom. The van der Waals surface area contributed by atoms with Crippen molar-refractivity contribution in [2.24, 2.45) is 0 Å². The van der Waals surface area contributed by atoms with Gasteiger partial charge in [-0.1, -0.05) is 39.7 Å². The van der Waals surface area contributed by atoms with E-state index < -0.39 is 5.97 Å². The molecule has 0 bridgehead atoms. The van der Waals surface area contributed by atoms with E-state index in [2.05, 4.69) is 22.5 Å². The molecule has 0 aromatic heterocycles. The topological polar surface area (TPSA) is 40.5 Å². The van der Waals surface area contributed by atoms with Crippen molar-refractivity contribution in [3.05, 3.63) is 45.9 Å². The molecule has 0 aliphatic rings. The number of hydrogen-bond acceptors (Lipinski definition) is 2. The van der Waals surface area contributed by atoms with Crippen LogP contribution in [0.2, 0.25) is 5.02 Å². The lowest BCUT2D eigenvalue weighted by Crippen LogP contribution is -2.29. The number of benzene rings is 1. The van der Waals surface area contributed by atoms with Gasteiger partial charge in [0.15, 0.2) is 0 Å². The van der Waals surface area contributed by atoms with Crippen LogP contribution in [0.3, 0.4) is 0 Å². The highest BCUT2D eigenvalue weighted by Crippen LogP contribution is 2.22. The fourth-order valence-corrected chi connectivity index (χ4v) is 2.18. The molecule has 0 unspecified atom stereocenters. The van der Waals surface area contributed by atoms with Crippen LogP contribution < -0.4 is 0 Å². The predicted octanol–water partition coefficient (Wildman–Crippen LogP) is 3.18. The first kappa shape index (κ1) is 14.2. The van der Waals surface area contributed by atoms with Gasteiger partial charge in [0.25, 0.3) is 0 Å². The van der Waals surface area contributed by atoms with Crippen LogP contribution in [0, 0.1) is 0 Å². The fourth-order valence-electron chi connectivity index (χ4n) is 1.45. The summed E-state index contributed by atoms with van der Waals surface area (Å²) < 4.78 is 0.903. The van der Waals surface area contributed by atoms with Gasteiger partial charge in [0.1, 0.15) is 0 Å². The number of nitrogens with zero attached hydrogens (tertiary/aromatic N) is 1. The lowest BCUT2D eigenvalue weighted by atomic mass is 10.2. The summed E-state index contributed by atoms with van der Waals surface area (Å²) in [4.78, 5) is 12.5. The minimum absolute atomic E-state index is 0.0294. The van der Waals surface area contributed by atoms with Crippen LogP contribution in [0.25, 0.3) is 0 Å². The standard InChI is InChI=1S/C12H13BrClNO2/c1-2-5-15(8-12(16)17)7-9-3-4-10(13)6-11(9)14/h2-4,6H,1,5,7-8H2,(H,16,17). The molecule has 0 fully saturated rings. The van der Waals surface area contributed by atoms with Crippen LogP contribution in [0.1, 0.15) is 5.56 Å². The monoisotopic (exact) mass is 317 g/mol. The first-order chi connectivity index (χ1) is 8.02. The third-order valence-electron chi connectivity index (χ3n) is 2.16. The molecular formula is C12H13BrClNO2. The summed E-state index contributed by atoms with van der Waals surface area (Å²) in [6, 6.07) is 5.56. The van der Waals surface area contributed by atoms with Crippen molar-refractivity contribution in [3.8, 4) is 0 Å². The quantitative estimate of drug-likeness (QED) is 0.819. The van der Waals surface area contributed by atoms with Crippen LogP contribution in [-0.2, 0) is 11.3 Å². The minimum Gasteiger partial charge on any atom is -0.480 e. The van der Waals surface area contributed by atoms with Crippen LogP contribution in [0.4, 0.5) is 0 Å². The van der Waals surface area contributed by atoms with Crippen molar-refractivity contribution >= 4 is 33.5 Å². The maximum atomic E-state index is 10.7. The first-order valence-electron chi connectivity index (χ1n) is 5.02.